The maximum atomic E-state index is 13.7. The van der Waals surface area contributed by atoms with Gasteiger partial charge in [-0.05, 0) is 43.4 Å². The standard InChI is InChI=1S/C28H38O12/c1-11(29)38-15-6-7-23(2,3)19-20(31)26(33)17-12(24(15,19)10-37-26)4-5-13(18(17)30)25-8-16-28(35)27(25,34)21(40-22(25)32)14(39-16)9-36-28/h12-21,30-31,33-35H,4-10H2,1-3H3/t12-,13-,14-,15+,16-,17+,18-,19-,20+,21-,24-,25+,26+,27-,28-/m1/s1. The predicted octanol–water partition coefficient (Wildman–Crippen LogP) is -1.03. The zero-order valence-corrected chi connectivity index (χ0v) is 22.8. The normalized spacial score (nSPS) is 62.0. The topological polar surface area (TPSA) is 181 Å². The SMILES string of the molecule is CC(=O)O[C@H]1CCC(C)(C)[C@H]2[C@H](O)[C@@]3(O)OC[C@@]12[C@@H]1CC[C@@H]([C@]24C[C@H]5O[C@@H]6CO[C@@]5(O)[C@@]2(O)[C@@H]6OC4=O)[C@@H](O)[C@H]13. The number of fused-ring (bicyclic) bond motifs is 2. The Kier molecular flexibility index (Phi) is 4.85. The highest BCUT2D eigenvalue weighted by molar-refractivity contribution is 5.84. The van der Waals surface area contributed by atoms with Crippen LogP contribution in [0.1, 0.15) is 52.9 Å². The average Bonchev–Trinajstić information content (AvgIpc) is 3.20. The van der Waals surface area contributed by atoms with Crippen LogP contribution in [0.25, 0.3) is 0 Å². The highest BCUT2D eigenvalue weighted by Gasteiger charge is 2.91. The summed E-state index contributed by atoms with van der Waals surface area (Å²) in [7, 11) is 0. The Labute approximate surface area is 230 Å². The molecule has 6 saturated heterocycles. The van der Waals surface area contributed by atoms with E-state index < -0.39 is 106 Å². The third-order valence-corrected chi connectivity index (χ3v) is 12.8. The van der Waals surface area contributed by atoms with Crippen molar-refractivity contribution < 1.29 is 58.8 Å². The summed E-state index contributed by atoms with van der Waals surface area (Å²) in [5.74, 6) is -8.42. The molecule has 4 saturated carbocycles. The van der Waals surface area contributed by atoms with E-state index in [0.717, 1.165) is 0 Å². The lowest BCUT2D eigenvalue weighted by atomic mass is 9.38. The molecular formula is C28H38O12. The Morgan fingerprint density at radius 3 is 2.50 bits per heavy atom. The summed E-state index contributed by atoms with van der Waals surface area (Å²) in [5.41, 5.74) is -5.22. The molecule has 0 aromatic rings. The van der Waals surface area contributed by atoms with Gasteiger partial charge in [-0.3, -0.25) is 9.59 Å². The molecule has 40 heavy (non-hydrogen) atoms. The van der Waals surface area contributed by atoms with Crippen molar-refractivity contribution in [2.75, 3.05) is 13.2 Å². The number of ether oxygens (including phenoxy) is 5. The van der Waals surface area contributed by atoms with Crippen LogP contribution >= 0.6 is 0 Å². The van der Waals surface area contributed by atoms with Crippen LogP contribution < -0.4 is 0 Å². The van der Waals surface area contributed by atoms with E-state index >= 15 is 0 Å². The second-order valence-electron chi connectivity index (χ2n) is 14.4. The van der Waals surface area contributed by atoms with E-state index in [1.54, 1.807) is 0 Å². The Morgan fingerprint density at radius 1 is 1.05 bits per heavy atom. The molecule has 10 fully saturated rings. The lowest BCUT2D eigenvalue weighted by Crippen LogP contribution is -2.82. The zero-order chi connectivity index (χ0) is 28.4. The zero-order valence-electron chi connectivity index (χ0n) is 22.8. The van der Waals surface area contributed by atoms with E-state index in [4.69, 9.17) is 23.7 Å². The van der Waals surface area contributed by atoms with Gasteiger partial charge in [-0.25, -0.2) is 0 Å². The van der Waals surface area contributed by atoms with Gasteiger partial charge in [0, 0.05) is 30.1 Å². The van der Waals surface area contributed by atoms with Crippen molar-refractivity contribution in [3.05, 3.63) is 0 Å². The van der Waals surface area contributed by atoms with Crippen molar-refractivity contribution in [3.8, 4) is 0 Å². The predicted molar refractivity (Wildman–Crippen MR) is 129 cm³/mol. The van der Waals surface area contributed by atoms with Crippen LogP contribution in [0.4, 0.5) is 0 Å². The first kappa shape index (κ1) is 26.3. The molecule has 0 aromatic carbocycles. The molecular weight excluding hydrogens is 528 g/mol. The van der Waals surface area contributed by atoms with Crippen LogP contribution in [0.5, 0.6) is 0 Å². The summed E-state index contributed by atoms with van der Waals surface area (Å²) in [6, 6.07) is 0. The molecule has 0 aromatic heterocycles. The number of esters is 2. The molecule has 6 aliphatic heterocycles. The van der Waals surface area contributed by atoms with Crippen LogP contribution in [-0.4, -0.2) is 104 Å². The molecule has 15 atom stereocenters. The Morgan fingerprint density at radius 2 is 1.77 bits per heavy atom. The molecule has 10 aliphatic rings. The molecule has 6 bridgehead atoms. The van der Waals surface area contributed by atoms with Crippen LogP contribution in [0.3, 0.4) is 0 Å². The van der Waals surface area contributed by atoms with E-state index in [0.29, 0.717) is 19.3 Å². The highest BCUT2D eigenvalue weighted by Crippen LogP contribution is 2.74. The van der Waals surface area contributed by atoms with Gasteiger partial charge in [-0.15, -0.1) is 0 Å². The van der Waals surface area contributed by atoms with Gasteiger partial charge in [-0.2, -0.15) is 0 Å². The number of hydrogen-bond donors (Lipinski definition) is 5. The lowest BCUT2D eigenvalue weighted by Gasteiger charge is -2.73. The van der Waals surface area contributed by atoms with Gasteiger partial charge >= 0.3 is 11.9 Å². The minimum Gasteiger partial charge on any atom is -0.462 e. The van der Waals surface area contributed by atoms with Crippen molar-refractivity contribution in [1.29, 1.82) is 0 Å². The number of carbonyl (C=O) groups excluding carboxylic acids is 2. The second kappa shape index (κ2) is 7.39. The van der Waals surface area contributed by atoms with Crippen molar-refractivity contribution in [2.45, 2.75) is 107 Å². The van der Waals surface area contributed by atoms with Gasteiger partial charge in [0.25, 0.3) is 0 Å². The Bertz CT molecular complexity index is 1190. The third kappa shape index (κ3) is 2.45. The van der Waals surface area contributed by atoms with E-state index in [-0.39, 0.29) is 26.1 Å². The van der Waals surface area contributed by atoms with Crippen LogP contribution in [0, 0.1) is 39.9 Å². The maximum absolute atomic E-state index is 13.7. The van der Waals surface area contributed by atoms with Crippen LogP contribution in [0.2, 0.25) is 0 Å². The van der Waals surface area contributed by atoms with Gasteiger partial charge in [0.15, 0.2) is 17.5 Å². The van der Waals surface area contributed by atoms with Gasteiger partial charge in [0.05, 0.1) is 19.3 Å². The molecule has 6 heterocycles. The molecule has 5 N–H and O–H groups in total. The van der Waals surface area contributed by atoms with Gasteiger partial charge in [0.1, 0.15) is 29.8 Å². The van der Waals surface area contributed by atoms with Gasteiger partial charge in [0.2, 0.25) is 5.79 Å². The van der Waals surface area contributed by atoms with E-state index in [1.165, 1.54) is 6.92 Å². The maximum Gasteiger partial charge on any atom is 0.316 e. The molecule has 10 rings (SSSR count). The van der Waals surface area contributed by atoms with Crippen molar-refractivity contribution in [2.24, 2.45) is 39.9 Å². The molecule has 0 unspecified atom stereocenters. The number of carbonyl (C=O) groups is 2. The molecule has 12 nitrogen and oxygen atoms in total. The summed E-state index contributed by atoms with van der Waals surface area (Å²) in [6.07, 6.45) is -4.58. The van der Waals surface area contributed by atoms with Crippen LogP contribution in [0.15, 0.2) is 0 Å². The number of hydrogen-bond acceptors (Lipinski definition) is 12. The molecule has 12 heteroatoms. The summed E-state index contributed by atoms with van der Waals surface area (Å²) < 4.78 is 29.2. The molecule has 1 spiro atoms. The fraction of sp³-hybridized carbons (Fsp3) is 0.929. The van der Waals surface area contributed by atoms with E-state index in [9.17, 15) is 35.1 Å². The number of aliphatic hydroxyl groups is 5. The first-order chi connectivity index (χ1) is 18.7. The molecule has 4 aliphatic carbocycles. The monoisotopic (exact) mass is 566 g/mol. The summed E-state index contributed by atoms with van der Waals surface area (Å²) in [5, 5.41) is 59.8. The van der Waals surface area contributed by atoms with Gasteiger partial charge < -0.3 is 49.2 Å². The Hall–Kier alpha value is -1.38. The van der Waals surface area contributed by atoms with Gasteiger partial charge in [-0.1, -0.05) is 13.8 Å². The fourth-order valence-electron chi connectivity index (χ4n) is 11.5. The van der Waals surface area contributed by atoms with E-state index in [2.05, 4.69) is 0 Å². The largest absolute Gasteiger partial charge is 0.462 e. The molecule has 0 radical (unpaired) electrons. The Balaban J connectivity index is 1.24. The molecule has 0 amide bonds. The summed E-state index contributed by atoms with van der Waals surface area (Å²) in [4.78, 5) is 25.9. The number of rotatable bonds is 2. The summed E-state index contributed by atoms with van der Waals surface area (Å²) in [6.45, 7) is 5.42. The molecule has 222 valence electrons. The number of aliphatic hydroxyl groups excluding tert-OH is 2. The minimum atomic E-state index is -2.19. The smallest absolute Gasteiger partial charge is 0.316 e. The third-order valence-electron chi connectivity index (χ3n) is 12.8. The fourth-order valence-corrected chi connectivity index (χ4v) is 11.5. The quantitative estimate of drug-likeness (QED) is 0.257. The van der Waals surface area contributed by atoms with Crippen molar-refractivity contribution >= 4 is 11.9 Å². The first-order valence-electron chi connectivity index (χ1n) is 14.5. The summed E-state index contributed by atoms with van der Waals surface area (Å²) >= 11 is 0. The minimum absolute atomic E-state index is 0.0434. The second-order valence-corrected chi connectivity index (χ2v) is 14.4. The van der Waals surface area contributed by atoms with E-state index in [1.807, 2.05) is 13.8 Å². The first-order valence-corrected chi connectivity index (χ1v) is 14.5. The van der Waals surface area contributed by atoms with Crippen molar-refractivity contribution in [3.63, 3.8) is 0 Å². The van der Waals surface area contributed by atoms with Crippen molar-refractivity contribution in [1.82, 2.24) is 0 Å². The highest BCUT2D eigenvalue weighted by atomic mass is 16.7. The lowest BCUT2D eigenvalue weighted by molar-refractivity contribution is -0.446. The average molecular weight is 567 g/mol. The van der Waals surface area contributed by atoms with Crippen LogP contribution in [-0.2, 0) is 33.3 Å².